The summed E-state index contributed by atoms with van der Waals surface area (Å²) in [6.45, 7) is 0.374. The van der Waals surface area contributed by atoms with Gasteiger partial charge in [-0.1, -0.05) is 12.1 Å². The van der Waals surface area contributed by atoms with Gasteiger partial charge in [-0.25, -0.2) is 0 Å². The number of hydrogen-bond acceptors (Lipinski definition) is 2. The minimum Gasteiger partial charge on any atom is -0.629 e. The zero-order valence-electron chi connectivity index (χ0n) is 6.75. The summed E-state index contributed by atoms with van der Waals surface area (Å²) in [5.41, 5.74) is 1.61. The summed E-state index contributed by atoms with van der Waals surface area (Å²) >= 11 is 3.26. The van der Waals surface area contributed by atoms with Crippen LogP contribution in [-0.2, 0) is 6.54 Å². The number of fused-ring (bicyclic) bond motifs is 1. The average Bonchev–Trinajstić information content (AvgIpc) is 2.02. The highest BCUT2D eigenvalue weighted by molar-refractivity contribution is 9.15. The van der Waals surface area contributed by atoms with Gasteiger partial charge in [0.1, 0.15) is 18.5 Å². The van der Waals surface area contributed by atoms with Crippen LogP contribution in [0.2, 0.25) is 0 Å². The minimum atomic E-state index is 0.0602. The molecule has 0 aromatic heterocycles. The lowest BCUT2D eigenvalue weighted by Gasteiger charge is -2.24. The van der Waals surface area contributed by atoms with Crippen molar-refractivity contribution in [1.82, 2.24) is 0 Å². The molecule has 1 heterocycles. The van der Waals surface area contributed by atoms with E-state index in [2.05, 4.69) is 15.9 Å². The van der Waals surface area contributed by atoms with Crippen LogP contribution in [0.25, 0.3) is 4.48 Å². The van der Waals surface area contributed by atoms with E-state index in [-0.39, 0.29) is 10.8 Å². The average molecular weight is 242 g/mol. The number of quaternary nitrogens is 1. The van der Waals surface area contributed by atoms with Crippen molar-refractivity contribution in [2.45, 2.75) is 6.54 Å². The lowest BCUT2D eigenvalue weighted by atomic mass is 10.0. The fourth-order valence-electron chi connectivity index (χ4n) is 1.46. The van der Waals surface area contributed by atoms with E-state index >= 15 is 0 Å². The Balaban J connectivity index is 2.60. The number of phenols is 1. The molecule has 68 valence electrons. The molecule has 0 saturated heterocycles. The number of phenolic OH excluding ortho intramolecular Hbond substituents is 1. The van der Waals surface area contributed by atoms with Gasteiger partial charge in [-0.15, -0.1) is 0 Å². The van der Waals surface area contributed by atoms with Crippen molar-refractivity contribution in [3.05, 3.63) is 40.7 Å². The van der Waals surface area contributed by atoms with Gasteiger partial charge in [0.25, 0.3) is 0 Å². The molecule has 1 aromatic carbocycles. The van der Waals surface area contributed by atoms with Gasteiger partial charge >= 0.3 is 0 Å². The molecule has 4 heteroatoms. The molecule has 0 fully saturated rings. The van der Waals surface area contributed by atoms with Gasteiger partial charge in [-0.2, -0.15) is 0 Å². The lowest BCUT2D eigenvalue weighted by Crippen LogP contribution is -3.01. The first-order chi connectivity index (χ1) is 6.18. The first-order valence-electron chi connectivity index (χ1n) is 3.90. The van der Waals surface area contributed by atoms with Crippen LogP contribution in [0.1, 0.15) is 11.1 Å². The zero-order chi connectivity index (χ0) is 9.42. The van der Waals surface area contributed by atoms with Gasteiger partial charge < -0.3 is 15.4 Å². The van der Waals surface area contributed by atoms with E-state index in [1.165, 1.54) is 6.20 Å². The van der Waals surface area contributed by atoms with Crippen LogP contribution in [0.3, 0.4) is 0 Å². The van der Waals surface area contributed by atoms with Crippen LogP contribution < -0.4 is 5.06 Å². The van der Waals surface area contributed by atoms with E-state index in [4.69, 9.17) is 0 Å². The smallest absolute Gasteiger partial charge is 0.124 e. The third-order valence-corrected chi connectivity index (χ3v) is 2.65. The number of hydroxylamine groups is 2. The number of nitrogens with one attached hydrogen (secondary N) is 1. The third kappa shape index (κ3) is 1.48. The summed E-state index contributed by atoms with van der Waals surface area (Å²) < 4.78 is 0.664. The Bertz CT molecular complexity index is 376. The molecular weight excluding hydrogens is 234 g/mol. The fraction of sp³-hybridized carbons (Fsp3) is 0.111. The summed E-state index contributed by atoms with van der Waals surface area (Å²) in [6, 6.07) is 5.21. The molecule has 1 aromatic rings. The van der Waals surface area contributed by atoms with Crippen molar-refractivity contribution >= 4 is 20.4 Å². The van der Waals surface area contributed by atoms with E-state index in [0.717, 1.165) is 11.1 Å². The Morgan fingerprint density at radius 3 is 3.00 bits per heavy atom. The number of hydrogen-bond donors (Lipinski definition) is 2. The molecule has 1 aliphatic heterocycles. The van der Waals surface area contributed by atoms with Gasteiger partial charge in [0.05, 0.1) is 4.48 Å². The molecule has 1 aliphatic rings. The second-order valence-corrected chi connectivity index (χ2v) is 3.80. The first kappa shape index (κ1) is 8.74. The summed E-state index contributed by atoms with van der Waals surface area (Å²) in [5, 5.41) is 20.8. The molecule has 0 amide bonds. The zero-order valence-corrected chi connectivity index (χ0v) is 8.34. The predicted molar refractivity (Wildman–Crippen MR) is 53.0 cm³/mol. The molecule has 1 atom stereocenters. The van der Waals surface area contributed by atoms with Gasteiger partial charge in [-0.05, 0) is 22.0 Å². The summed E-state index contributed by atoms with van der Waals surface area (Å²) in [7, 11) is 0. The quantitative estimate of drug-likeness (QED) is 0.666. The SMILES string of the molecule is [O-][NH+]1C=C(Br)c2c(O)cccc2C1. The highest BCUT2D eigenvalue weighted by Gasteiger charge is 2.18. The molecule has 2 rings (SSSR count). The van der Waals surface area contributed by atoms with Crippen LogP contribution in [0.5, 0.6) is 5.75 Å². The van der Waals surface area contributed by atoms with E-state index in [0.29, 0.717) is 11.0 Å². The van der Waals surface area contributed by atoms with E-state index in [1.54, 1.807) is 12.1 Å². The Kier molecular flexibility index (Phi) is 2.11. The van der Waals surface area contributed by atoms with Crippen molar-refractivity contribution in [2.75, 3.05) is 0 Å². The van der Waals surface area contributed by atoms with Gasteiger partial charge in [0.15, 0.2) is 0 Å². The number of benzene rings is 1. The first-order valence-corrected chi connectivity index (χ1v) is 4.69. The molecule has 0 aliphatic carbocycles. The second kappa shape index (κ2) is 3.14. The fourth-order valence-corrected chi connectivity index (χ4v) is 2.17. The third-order valence-electron chi connectivity index (χ3n) is 2.02. The highest BCUT2D eigenvalue weighted by Crippen LogP contribution is 2.32. The Labute approximate surface area is 84.0 Å². The van der Waals surface area contributed by atoms with Gasteiger partial charge in [0, 0.05) is 11.1 Å². The normalized spacial score (nSPS) is 20.8. The summed E-state index contributed by atoms with van der Waals surface area (Å²) in [6.07, 6.45) is 1.50. The molecule has 0 saturated carbocycles. The standard InChI is InChI=1S/C9H8BrNO2/c10-7-5-11(13)4-6-2-1-3-8(12)9(6)7/h1-3,5,11-12H,4H2. The molecule has 0 bridgehead atoms. The molecule has 3 nitrogen and oxygen atoms in total. The van der Waals surface area contributed by atoms with Crippen LogP contribution in [0.15, 0.2) is 24.4 Å². The number of aromatic hydroxyl groups is 1. The van der Waals surface area contributed by atoms with Crippen LogP contribution in [0, 0.1) is 5.21 Å². The van der Waals surface area contributed by atoms with Crippen molar-refractivity contribution in [3.8, 4) is 5.75 Å². The topological polar surface area (TPSA) is 47.7 Å². The highest BCUT2D eigenvalue weighted by atomic mass is 79.9. The maximum absolute atomic E-state index is 11.2. The van der Waals surface area contributed by atoms with Gasteiger partial charge in [-0.3, -0.25) is 0 Å². The van der Waals surface area contributed by atoms with Crippen LogP contribution in [-0.4, -0.2) is 5.11 Å². The van der Waals surface area contributed by atoms with Crippen molar-refractivity contribution in [3.63, 3.8) is 0 Å². The van der Waals surface area contributed by atoms with E-state index < -0.39 is 0 Å². The lowest BCUT2D eigenvalue weighted by molar-refractivity contribution is -0.806. The monoisotopic (exact) mass is 241 g/mol. The minimum absolute atomic E-state index is 0.0602. The molecule has 1 unspecified atom stereocenters. The van der Waals surface area contributed by atoms with Crippen molar-refractivity contribution in [2.24, 2.45) is 0 Å². The Morgan fingerprint density at radius 2 is 2.23 bits per heavy atom. The van der Waals surface area contributed by atoms with Crippen LogP contribution >= 0.6 is 15.9 Å². The van der Waals surface area contributed by atoms with Crippen molar-refractivity contribution in [1.29, 1.82) is 0 Å². The maximum Gasteiger partial charge on any atom is 0.124 e. The predicted octanol–water partition coefficient (Wildman–Crippen LogP) is 0.982. The molecule has 2 N–H and O–H groups in total. The van der Waals surface area contributed by atoms with E-state index in [1.807, 2.05) is 6.07 Å². The largest absolute Gasteiger partial charge is 0.629 e. The molecule has 0 radical (unpaired) electrons. The molecular formula is C9H8BrNO2. The summed E-state index contributed by atoms with van der Waals surface area (Å²) in [4.78, 5) is 0. The van der Waals surface area contributed by atoms with Crippen LogP contribution in [0.4, 0.5) is 0 Å². The van der Waals surface area contributed by atoms with E-state index in [9.17, 15) is 10.3 Å². The Morgan fingerprint density at radius 1 is 1.46 bits per heavy atom. The number of rotatable bonds is 0. The second-order valence-electron chi connectivity index (χ2n) is 2.95. The maximum atomic E-state index is 11.2. The summed E-state index contributed by atoms with van der Waals surface area (Å²) in [5.74, 6) is 0.216. The van der Waals surface area contributed by atoms with Gasteiger partial charge in [0.2, 0.25) is 0 Å². The molecule has 13 heavy (non-hydrogen) atoms. The number of halogens is 1. The molecule has 0 spiro atoms. The van der Waals surface area contributed by atoms with Crippen molar-refractivity contribution < 1.29 is 10.2 Å². The Hall–Kier alpha value is -0.840.